The summed E-state index contributed by atoms with van der Waals surface area (Å²) in [6.45, 7) is 12.1. The van der Waals surface area contributed by atoms with Crippen LogP contribution >= 0.6 is 0 Å². The Bertz CT molecular complexity index is 373. The van der Waals surface area contributed by atoms with Crippen molar-refractivity contribution in [1.82, 2.24) is 25.2 Å². The van der Waals surface area contributed by atoms with E-state index in [1.54, 1.807) is 0 Å². The molecule has 0 spiro atoms. The first-order valence-corrected chi connectivity index (χ1v) is 7.40. The van der Waals surface area contributed by atoms with Gasteiger partial charge in [0.25, 0.3) is 0 Å². The first kappa shape index (κ1) is 14.5. The van der Waals surface area contributed by atoms with Gasteiger partial charge in [0.2, 0.25) is 0 Å². The normalized spacial score (nSPS) is 17.2. The van der Waals surface area contributed by atoms with Crippen LogP contribution in [0.4, 0.5) is 0 Å². The fourth-order valence-electron chi connectivity index (χ4n) is 2.36. The Morgan fingerprint density at radius 3 is 2.63 bits per heavy atom. The molecule has 1 fully saturated rings. The van der Waals surface area contributed by atoms with E-state index in [0.717, 1.165) is 18.8 Å². The topological polar surface area (TPSA) is 46.0 Å². The summed E-state index contributed by atoms with van der Waals surface area (Å²) in [6.07, 6.45) is 6.01. The Hall–Kier alpha value is -0.940. The van der Waals surface area contributed by atoms with Crippen molar-refractivity contribution in [3.05, 3.63) is 11.9 Å². The molecule has 1 N–H and O–H groups in total. The molecule has 1 aliphatic heterocycles. The number of likely N-dealkylation sites (tertiary alicyclic amines) is 1. The van der Waals surface area contributed by atoms with E-state index in [9.17, 15) is 0 Å². The van der Waals surface area contributed by atoms with Gasteiger partial charge in [0.1, 0.15) is 0 Å². The lowest BCUT2D eigenvalue weighted by Crippen LogP contribution is -2.24. The lowest BCUT2D eigenvalue weighted by atomic mass is 10.1. The van der Waals surface area contributed by atoms with E-state index in [1.807, 2.05) is 10.9 Å². The quantitative estimate of drug-likeness (QED) is 0.794. The highest BCUT2D eigenvalue weighted by Gasteiger charge is 2.14. The summed E-state index contributed by atoms with van der Waals surface area (Å²) in [5.74, 6) is 0. The third-order valence-electron chi connectivity index (χ3n) is 3.56. The van der Waals surface area contributed by atoms with E-state index in [4.69, 9.17) is 0 Å². The van der Waals surface area contributed by atoms with Gasteiger partial charge in [-0.15, -0.1) is 5.10 Å². The second-order valence-electron chi connectivity index (χ2n) is 6.40. The number of nitrogens with zero attached hydrogens (tertiary/aromatic N) is 4. The number of hydrogen-bond donors (Lipinski definition) is 1. The summed E-state index contributed by atoms with van der Waals surface area (Å²) in [7, 11) is 0. The van der Waals surface area contributed by atoms with Gasteiger partial charge in [0.05, 0.1) is 17.4 Å². The Balaban J connectivity index is 1.61. The van der Waals surface area contributed by atoms with Crippen LogP contribution in [0.5, 0.6) is 0 Å². The number of rotatable bonds is 6. The van der Waals surface area contributed by atoms with Crippen molar-refractivity contribution < 1.29 is 0 Å². The van der Waals surface area contributed by atoms with E-state index in [0.29, 0.717) is 0 Å². The molecule has 0 atom stereocenters. The average Bonchev–Trinajstić information content (AvgIpc) is 2.97. The first-order valence-electron chi connectivity index (χ1n) is 7.40. The zero-order chi connectivity index (χ0) is 13.7. The monoisotopic (exact) mass is 265 g/mol. The summed E-state index contributed by atoms with van der Waals surface area (Å²) in [4.78, 5) is 2.55. The smallest absolute Gasteiger partial charge is 0.0965 e. The third kappa shape index (κ3) is 4.58. The highest BCUT2D eigenvalue weighted by molar-refractivity contribution is 4.93. The second kappa shape index (κ2) is 6.48. The first-order chi connectivity index (χ1) is 9.05. The third-order valence-corrected chi connectivity index (χ3v) is 3.56. The molecule has 0 aromatic carbocycles. The molecule has 1 saturated heterocycles. The van der Waals surface area contributed by atoms with Gasteiger partial charge in [0, 0.05) is 6.54 Å². The summed E-state index contributed by atoms with van der Waals surface area (Å²) >= 11 is 0. The van der Waals surface area contributed by atoms with Crippen LogP contribution in [0.3, 0.4) is 0 Å². The van der Waals surface area contributed by atoms with Crippen LogP contribution < -0.4 is 5.32 Å². The molecule has 2 heterocycles. The van der Waals surface area contributed by atoms with Crippen molar-refractivity contribution in [2.75, 3.05) is 26.2 Å². The molecule has 19 heavy (non-hydrogen) atoms. The van der Waals surface area contributed by atoms with Gasteiger partial charge in [0.15, 0.2) is 0 Å². The Labute approximate surface area is 116 Å². The van der Waals surface area contributed by atoms with Gasteiger partial charge >= 0.3 is 0 Å². The van der Waals surface area contributed by atoms with Gasteiger partial charge in [-0.2, -0.15) is 0 Å². The van der Waals surface area contributed by atoms with Gasteiger partial charge in [-0.1, -0.05) is 5.21 Å². The fraction of sp³-hybridized carbons (Fsp3) is 0.857. The number of aromatic nitrogens is 3. The predicted molar refractivity (Wildman–Crippen MR) is 77.0 cm³/mol. The molecule has 1 aromatic heterocycles. The van der Waals surface area contributed by atoms with Gasteiger partial charge in [-0.25, -0.2) is 4.68 Å². The minimum Gasteiger partial charge on any atom is -0.311 e. The molecule has 0 saturated carbocycles. The highest BCUT2D eigenvalue weighted by atomic mass is 15.4. The van der Waals surface area contributed by atoms with Crippen LogP contribution in [0.2, 0.25) is 0 Å². The molecule has 1 aromatic rings. The van der Waals surface area contributed by atoms with Crippen molar-refractivity contribution in [2.24, 2.45) is 0 Å². The lowest BCUT2D eigenvalue weighted by Gasteiger charge is -2.17. The van der Waals surface area contributed by atoms with Crippen LogP contribution in [0, 0.1) is 0 Å². The molecule has 1 aliphatic rings. The zero-order valence-corrected chi connectivity index (χ0v) is 12.5. The largest absolute Gasteiger partial charge is 0.311 e. The fourth-order valence-corrected chi connectivity index (χ4v) is 2.36. The molecule has 0 bridgehead atoms. The molecular formula is C14H27N5. The van der Waals surface area contributed by atoms with Crippen LogP contribution in [0.1, 0.15) is 45.7 Å². The van der Waals surface area contributed by atoms with Gasteiger partial charge in [-0.3, -0.25) is 0 Å². The summed E-state index contributed by atoms with van der Waals surface area (Å²) in [5.41, 5.74) is 1.04. The van der Waals surface area contributed by atoms with Crippen molar-refractivity contribution in [3.8, 4) is 0 Å². The Morgan fingerprint density at radius 1 is 1.26 bits per heavy atom. The molecule has 0 unspecified atom stereocenters. The van der Waals surface area contributed by atoms with E-state index in [1.165, 1.54) is 38.9 Å². The maximum absolute atomic E-state index is 4.20. The summed E-state index contributed by atoms with van der Waals surface area (Å²) in [5, 5.41) is 11.8. The average molecular weight is 265 g/mol. The molecule has 5 nitrogen and oxygen atoms in total. The van der Waals surface area contributed by atoms with E-state index in [-0.39, 0.29) is 5.54 Å². The van der Waals surface area contributed by atoms with Crippen LogP contribution in [0.25, 0.3) is 0 Å². The Kier molecular flexibility index (Phi) is 4.93. The van der Waals surface area contributed by atoms with Crippen molar-refractivity contribution in [2.45, 2.75) is 52.1 Å². The van der Waals surface area contributed by atoms with E-state index in [2.05, 4.69) is 41.3 Å². The van der Waals surface area contributed by atoms with E-state index >= 15 is 0 Å². The minimum absolute atomic E-state index is 0.0149. The number of nitrogens with one attached hydrogen (secondary N) is 1. The maximum Gasteiger partial charge on any atom is 0.0965 e. The second-order valence-corrected chi connectivity index (χ2v) is 6.40. The molecule has 0 aliphatic carbocycles. The van der Waals surface area contributed by atoms with E-state index < -0.39 is 0 Å². The SMILES string of the molecule is CC(C)(C)n1cc(CNCCCN2CCCC2)nn1. The maximum atomic E-state index is 4.20. The zero-order valence-electron chi connectivity index (χ0n) is 12.5. The molecule has 0 radical (unpaired) electrons. The van der Waals surface area contributed by atoms with Gasteiger partial charge in [-0.05, 0) is 66.2 Å². The molecule has 0 amide bonds. The Morgan fingerprint density at radius 2 is 2.00 bits per heavy atom. The van der Waals surface area contributed by atoms with Gasteiger partial charge < -0.3 is 10.2 Å². The van der Waals surface area contributed by atoms with Crippen LogP contribution in [0.15, 0.2) is 6.20 Å². The summed E-state index contributed by atoms with van der Waals surface area (Å²) < 4.78 is 1.92. The predicted octanol–water partition coefficient (Wildman–Crippen LogP) is 1.61. The summed E-state index contributed by atoms with van der Waals surface area (Å²) in [6, 6.07) is 0. The molecule has 5 heteroatoms. The van der Waals surface area contributed by atoms with Crippen molar-refractivity contribution in [3.63, 3.8) is 0 Å². The van der Waals surface area contributed by atoms with Crippen LogP contribution in [-0.4, -0.2) is 46.1 Å². The van der Waals surface area contributed by atoms with Crippen molar-refractivity contribution in [1.29, 1.82) is 0 Å². The van der Waals surface area contributed by atoms with Crippen LogP contribution in [-0.2, 0) is 12.1 Å². The molecule has 2 rings (SSSR count). The minimum atomic E-state index is 0.0149. The standard InChI is InChI=1S/C14H27N5/c1-14(2,3)19-12-13(16-17-19)11-15-7-6-10-18-8-4-5-9-18/h12,15H,4-11H2,1-3H3. The lowest BCUT2D eigenvalue weighted by molar-refractivity contribution is 0.331. The molecular weight excluding hydrogens is 238 g/mol. The molecule has 108 valence electrons. The highest BCUT2D eigenvalue weighted by Crippen LogP contribution is 2.11. The number of hydrogen-bond acceptors (Lipinski definition) is 4. The van der Waals surface area contributed by atoms with Crippen molar-refractivity contribution >= 4 is 0 Å².